The van der Waals surface area contributed by atoms with E-state index >= 15 is 0 Å². The van der Waals surface area contributed by atoms with Crippen molar-refractivity contribution in [1.29, 1.82) is 0 Å². The highest BCUT2D eigenvalue weighted by Gasteiger charge is 2.14. The number of thiazole rings is 1. The second-order valence-electron chi connectivity index (χ2n) is 3.44. The van der Waals surface area contributed by atoms with E-state index in [9.17, 15) is 0 Å². The number of ether oxygens (including phenoxy) is 1. The van der Waals surface area contributed by atoms with Crippen LogP contribution in [0.15, 0.2) is 5.38 Å². The molecule has 1 aromatic rings. The lowest BCUT2D eigenvalue weighted by Crippen LogP contribution is -2.25. The summed E-state index contributed by atoms with van der Waals surface area (Å²) >= 11 is 1.48. The van der Waals surface area contributed by atoms with Crippen LogP contribution in [-0.4, -0.2) is 24.2 Å². The SMILES string of the molecule is Nc1nc(CNCC2CCCO2)cs1. The molecule has 0 bridgehead atoms. The molecule has 5 heteroatoms. The summed E-state index contributed by atoms with van der Waals surface area (Å²) in [6.45, 7) is 2.61. The van der Waals surface area contributed by atoms with E-state index in [1.165, 1.54) is 24.2 Å². The van der Waals surface area contributed by atoms with E-state index in [1.807, 2.05) is 5.38 Å². The zero-order chi connectivity index (χ0) is 9.80. The van der Waals surface area contributed by atoms with Crippen LogP contribution in [0.25, 0.3) is 0 Å². The molecule has 0 spiro atoms. The maximum Gasteiger partial charge on any atom is 0.180 e. The predicted octanol–water partition coefficient (Wildman–Crippen LogP) is 0.994. The van der Waals surface area contributed by atoms with Crippen LogP contribution in [0.4, 0.5) is 5.13 Å². The molecule has 0 radical (unpaired) electrons. The highest BCUT2D eigenvalue weighted by molar-refractivity contribution is 7.13. The lowest BCUT2D eigenvalue weighted by Gasteiger charge is -2.09. The molecular formula is C9H15N3OS. The molecule has 0 amide bonds. The number of nitrogen functional groups attached to an aromatic ring is 1. The summed E-state index contributed by atoms with van der Waals surface area (Å²) in [7, 11) is 0. The van der Waals surface area contributed by atoms with Gasteiger partial charge in [0.25, 0.3) is 0 Å². The lowest BCUT2D eigenvalue weighted by atomic mass is 10.2. The molecule has 1 aliphatic heterocycles. The van der Waals surface area contributed by atoms with Gasteiger partial charge < -0.3 is 15.8 Å². The number of nitrogens with one attached hydrogen (secondary N) is 1. The summed E-state index contributed by atoms with van der Waals surface area (Å²) in [5, 5.41) is 5.94. The minimum atomic E-state index is 0.394. The number of anilines is 1. The van der Waals surface area contributed by atoms with Crippen LogP contribution in [0.1, 0.15) is 18.5 Å². The molecule has 3 N–H and O–H groups in total. The van der Waals surface area contributed by atoms with E-state index < -0.39 is 0 Å². The third-order valence-corrected chi connectivity index (χ3v) is 2.99. The zero-order valence-electron chi connectivity index (χ0n) is 8.03. The Balaban J connectivity index is 1.67. The van der Waals surface area contributed by atoms with Gasteiger partial charge in [0.05, 0.1) is 11.8 Å². The van der Waals surface area contributed by atoms with Crippen LogP contribution < -0.4 is 11.1 Å². The van der Waals surface area contributed by atoms with Crippen LogP contribution in [-0.2, 0) is 11.3 Å². The van der Waals surface area contributed by atoms with Gasteiger partial charge in [0.2, 0.25) is 0 Å². The first-order chi connectivity index (χ1) is 6.84. The van der Waals surface area contributed by atoms with E-state index in [0.29, 0.717) is 11.2 Å². The summed E-state index contributed by atoms with van der Waals surface area (Å²) in [4.78, 5) is 4.17. The Labute approximate surface area is 87.5 Å². The number of rotatable bonds is 4. The van der Waals surface area contributed by atoms with E-state index in [0.717, 1.165) is 25.4 Å². The number of nitrogens with two attached hydrogens (primary N) is 1. The van der Waals surface area contributed by atoms with E-state index in [2.05, 4.69) is 10.3 Å². The van der Waals surface area contributed by atoms with Gasteiger partial charge in [0, 0.05) is 25.1 Å². The first kappa shape index (κ1) is 9.89. The Hall–Kier alpha value is -0.650. The summed E-state index contributed by atoms with van der Waals surface area (Å²) < 4.78 is 5.49. The molecular weight excluding hydrogens is 198 g/mol. The fraction of sp³-hybridized carbons (Fsp3) is 0.667. The molecule has 0 saturated carbocycles. The summed E-state index contributed by atoms with van der Waals surface area (Å²) in [5.41, 5.74) is 6.55. The van der Waals surface area contributed by atoms with Gasteiger partial charge >= 0.3 is 0 Å². The number of nitrogens with zero attached hydrogens (tertiary/aromatic N) is 1. The van der Waals surface area contributed by atoms with Gasteiger partial charge in [-0.25, -0.2) is 4.98 Å². The van der Waals surface area contributed by atoms with Gasteiger partial charge in [0.15, 0.2) is 5.13 Å². The quantitative estimate of drug-likeness (QED) is 0.783. The standard InChI is InChI=1S/C9H15N3OS/c10-9-12-7(6-14-9)4-11-5-8-2-1-3-13-8/h6,8,11H,1-5H2,(H2,10,12). The van der Waals surface area contributed by atoms with Crippen molar-refractivity contribution in [3.05, 3.63) is 11.1 Å². The molecule has 78 valence electrons. The van der Waals surface area contributed by atoms with Crippen molar-refractivity contribution in [2.24, 2.45) is 0 Å². The average Bonchev–Trinajstić information content (AvgIpc) is 2.77. The predicted molar refractivity (Wildman–Crippen MR) is 57.2 cm³/mol. The van der Waals surface area contributed by atoms with Gasteiger partial charge in [0.1, 0.15) is 0 Å². The Morgan fingerprint density at radius 3 is 3.29 bits per heavy atom. The van der Waals surface area contributed by atoms with E-state index in [1.54, 1.807) is 0 Å². The molecule has 0 aliphatic carbocycles. The van der Waals surface area contributed by atoms with Gasteiger partial charge in [-0.3, -0.25) is 0 Å². The summed E-state index contributed by atoms with van der Waals surface area (Å²) in [6, 6.07) is 0. The molecule has 14 heavy (non-hydrogen) atoms. The molecule has 1 fully saturated rings. The van der Waals surface area contributed by atoms with Crippen molar-refractivity contribution < 1.29 is 4.74 Å². The number of hydrogen-bond donors (Lipinski definition) is 2. The maximum absolute atomic E-state index is 5.53. The molecule has 1 aliphatic rings. The molecule has 1 atom stereocenters. The van der Waals surface area contributed by atoms with E-state index in [4.69, 9.17) is 10.5 Å². The summed E-state index contributed by atoms with van der Waals surface area (Å²) in [5.74, 6) is 0. The monoisotopic (exact) mass is 213 g/mol. The zero-order valence-corrected chi connectivity index (χ0v) is 8.85. The minimum Gasteiger partial charge on any atom is -0.377 e. The van der Waals surface area contributed by atoms with Crippen molar-refractivity contribution in [2.75, 3.05) is 18.9 Å². The van der Waals surface area contributed by atoms with Gasteiger partial charge in [-0.15, -0.1) is 11.3 Å². The Bertz CT molecular complexity index is 283. The Kier molecular flexibility index (Phi) is 3.34. The topological polar surface area (TPSA) is 60.2 Å². The van der Waals surface area contributed by atoms with Crippen LogP contribution in [0.3, 0.4) is 0 Å². The van der Waals surface area contributed by atoms with Gasteiger partial charge in [-0.2, -0.15) is 0 Å². The first-order valence-electron chi connectivity index (χ1n) is 4.87. The molecule has 4 nitrogen and oxygen atoms in total. The molecule has 1 unspecified atom stereocenters. The molecule has 0 aromatic carbocycles. The van der Waals surface area contributed by atoms with Crippen LogP contribution in [0.2, 0.25) is 0 Å². The van der Waals surface area contributed by atoms with Crippen molar-refractivity contribution in [3.63, 3.8) is 0 Å². The van der Waals surface area contributed by atoms with Crippen molar-refractivity contribution in [1.82, 2.24) is 10.3 Å². The van der Waals surface area contributed by atoms with Crippen LogP contribution in [0.5, 0.6) is 0 Å². The first-order valence-corrected chi connectivity index (χ1v) is 5.75. The third kappa shape index (κ3) is 2.67. The maximum atomic E-state index is 5.53. The summed E-state index contributed by atoms with van der Waals surface area (Å²) in [6.07, 6.45) is 2.76. The highest BCUT2D eigenvalue weighted by atomic mass is 32.1. The van der Waals surface area contributed by atoms with Crippen molar-refractivity contribution in [3.8, 4) is 0 Å². The van der Waals surface area contributed by atoms with Gasteiger partial charge in [-0.05, 0) is 12.8 Å². The number of hydrogen-bond acceptors (Lipinski definition) is 5. The van der Waals surface area contributed by atoms with Crippen LogP contribution >= 0.6 is 11.3 Å². The second-order valence-corrected chi connectivity index (χ2v) is 4.33. The van der Waals surface area contributed by atoms with Crippen molar-refractivity contribution >= 4 is 16.5 Å². The third-order valence-electron chi connectivity index (χ3n) is 2.27. The smallest absolute Gasteiger partial charge is 0.180 e. The lowest BCUT2D eigenvalue weighted by molar-refractivity contribution is 0.110. The molecule has 2 heterocycles. The molecule has 1 saturated heterocycles. The number of aromatic nitrogens is 1. The molecule has 2 rings (SSSR count). The minimum absolute atomic E-state index is 0.394. The second kappa shape index (κ2) is 4.72. The largest absolute Gasteiger partial charge is 0.377 e. The highest BCUT2D eigenvalue weighted by Crippen LogP contribution is 2.12. The Morgan fingerprint density at radius 1 is 1.71 bits per heavy atom. The van der Waals surface area contributed by atoms with Gasteiger partial charge in [-0.1, -0.05) is 0 Å². The average molecular weight is 213 g/mol. The van der Waals surface area contributed by atoms with E-state index in [-0.39, 0.29) is 0 Å². The fourth-order valence-electron chi connectivity index (χ4n) is 1.57. The normalized spacial score (nSPS) is 21.6. The van der Waals surface area contributed by atoms with Crippen molar-refractivity contribution in [2.45, 2.75) is 25.5 Å². The van der Waals surface area contributed by atoms with Crippen LogP contribution in [0, 0.1) is 0 Å². The molecule has 1 aromatic heterocycles. The fourth-order valence-corrected chi connectivity index (χ4v) is 2.13. The Morgan fingerprint density at radius 2 is 2.64 bits per heavy atom.